The van der Waals surface area contributed by atoms with Crippen molar-refractivity contribution in [3.63, 3.8) is 0 Å². The van der Waals surface area contributed by atoms with Crippen LogP contribution < -0.4 is 14.8 Å². The summed E-state index contributed by atoms with van der Waals surface area (Å²) in [5.41, 5.74) is 0.872. The first kappa shape index (κ1) is 17.3. The molecule has 0 radical (unpaired) electrons. The third-order valence-corrected chi connectivity index (χ3v) is 4.11. The summed E-state index contributed by atoms with van der Waals surface area (Å²) in [5, 5.41) is 7.13. The number of aryl methyl sites for hydroxylation is 2. The number of benzene rings is 1. The second-order valence-corrected chi connectivity index (χ2v) is 6.17. The zero-order valence-electron chi connectivity index (χ0n) is 14.9. The van der Waals surface area contributed by atoms with Crippen molar-refractivity contribution in [3.8, 4) is 11.5 Å². The van der Waals surface area contributed by atoms with Crippen LogP contribution in [0.3, 0.4) is 0 Å². The number of amides is 1. The van der Waals surface area contributed by atoms with E-state index in [4.69, 9.17) is 9.47 Å². The van der Waals surface area contributed by atoms with Gasteiger partial charge in [-0.1, -0.05) is 19.1 Å². The highest BCUT2D eigenvalue weighted by atomic mass is 16.6. The lowest BCUT2D eigenvalue weighted by molar-refractivity contribution is -0.117. The minimum absolute atomic E-state index is 0.0676. The van der Waals surface area contributed by atoms with Gasteiger partial charge in [-0.2, -0.15) is 5.10 Å². The summed E-state index contributed by atoms with van der Waals surface area (Å²) in [7, 11) is 1.81. The molecule has 1 aromatic heterocycles. The molecule has 0 saturated carbocycles. The van der Waals surface area contributed by atoms with E-state index < -0.39 is 0 Å². The average molecular weight is 344 g/mol. The van der Waals surface area contributed by atoms with E-state index in [2.05, 4.69) is 10.4 Å². The predicted molar refractivity (Wildman–Crippen MR) is 95.0 cm³/mol. The molecule has 0 spiro atoms. The molecule has 1 N–H and O–H groups in total. The van der Waals surface area contributed by atoms with Crippen LogP contribution >= 0.6 is 0 Å². The standard InChI is InChI=1S/C18H24N4O3/c1-4-22(11-18(23)19-17-9-13(2)20-21(17)3)10-14-12-24-15-7-5-6-8-16(15)25-14/h5-9,14H,4,10-12H2,1-3H3,(H,19,23). The van der Waals surface area contributed by atoms with E-state index in [1.54, 1.807) is 4.68 Å². The SMILES string of the molecule is CCN(CC(=O)Nc1cc(C)nn1C)CC1COc2ccccc2O1. The summed E-state index contributed by atoms with van der Waals surface area (Å²) >= 11 is 0. The molecular formula is C18H24N4O3. The van der Waals surface area contributed by atoms with Gasteiger partial charge in [-0.15, -0.1) is 0 Å². The molecule has 1 aliphatic rings. The highest BCUT2D eigenvalue weighted by Crippen LogP contribution is 2.30. The zero-order valence-corrected chi connectivity index (χ0v) is 14.9. The van der Waals surface area contributed by atoms with Gasteiger partial charge in [-0.05, 0) is 25.6 Å². The number of ether oxygens (including phenoxy) is 2. The summed E-state index contributed by atoms with van der Waals surface area (Å²) in [5.74, 6) is 2.16. The second kappa shape index (κ2) is 7.57. The molecule has 0 fully saturated rings. The Balaban J connectivity index is 1.54. The third kappa shape index (κ3) is 4.30. The number of fused-ring (bicyclic) bond motifs is 1. The van der Waals surface area contributed by atoms with Gasteiger partial charge in [0.25, 0.3) is 0 Å². The van der Waals surface area contributed by atoms with E-state index in [1.807, 2.05) is 56.1 Å². The molecule has 1 unspecified atom stereocenters. The van der Waals surface area contributed by atoms with Crippen molar-refractivity contribution in [1.82, 2.24) is 14.7 Å². The lowest BCUT2D eigenvalue weighted by Gasteiger charge is -2.30. The second-order valence-electron chi connectivity index (χ2n) is 6.17. The quantitative estimate of drug-likeness (QED) is 0.866. The number of rotatable bonds is 6. The Hall–Kier alpha value is -2.54. The van der Waals surface area contributed by atoms with Crippen LogP contribution in [-0.2, 0) is 11.8 Å². The van der Waals surface area contributed by atoms with Gasteiger partial charge in [-0.25, -0.2) is 0 Å². The van der Waals surface area contributed by atoms with Crippen molar-refractivity contribution in [2.24, 2.45) is 7.05 Å². The molecule has 7 nitrogen and oxygen atoms in total. The van der Waals surface area contributed by atoms with Gasteiger partial charge in [-0.3, -0.25) is 14.4 Å². The summed E-state index contributed by atoms with van der Waals surface area (Å²) in [6.07, 6.45) is -0.0957. The zero-order chi connectivity index (χ0) is 17.8. The molecule has 134 valence electrons. The molecule has 0 saturated heterocycles. The molecule has 1 aliphatic heterocycles. The maximum Gasteiger partial charge on any atom is 0.239 e. The van der Waals surface area contributed by atoms with Crippen molar-refractivity contribution < 1.29 is 14.3 Å². The Labute approximate surface area is 147 Å². The van der Waals surface area contributed by atoms with E-state index in [0.717, 1.165) is 23.7 Å². The summed E-state index contributed by atoms with van der Waals surface area (Å²) in [4.78, 5) is 14.4. The molecule has 7 heteroatoms. The molecule has 1 aromatic carbocycles. The number of anilines is 1. The van der Waals surface area contributed by atoms with E-state index in [0.29, 0.717) is 25.5 Å². The smallest absolute Gasteiger partial charge is 0.239 e. The van der Waals surface area contributed by atoms with Crippen LogP contribution in [0.15, 0.2) is 30.3 Å². The molecule has 25 heavy (non-hydrogen) atoms. The summed E-state index contributed by atoms with van der Waals surface area (Å²) in [6.45, 7) is 6.08. The van der Waals surface area contributed by atoms with E-state index in [9.17, 15) is 4.79 Å². The first-order valence-electron chi connectivity index (χ1n) is 8.46. The van der Waals surface area contributed by atoms with Crippen molar-refractivity contribution in [3.05, 3.63) is 36.0 Å². The molecule has 3 rings (SSSR count). The number of nitrogens with zero attached hydrogens (tertiary/aromatic N) is 3. The number of carbonyl (C=O) groups is 1. The van der Waals surface area contributed by atoms with E-state index in [-0.39, 0.29) is 12.0 Å². The van der Waals surface area contributed by atoms with Crippen LogP contribution in [0.2, 0.25) is 0 Å². The third-order valence-electron chi connectivity index (χ3n) is 4.11. The largest absolute Gasteiger partial charge is 0.486 e. The van der Waals surface area contributed by atoms with E-state index in [1.165, 1.54) is 0 Å². The number of likely N-dealkylation sites (N-methyl/N-ethyl adjacent to an activating group) is 1. The van der Waals surface area contributed by atoms with Crippen molar-refractivity contribution in [2.45, 2.75) is 20.0 Å². The highest BCUT2D eigenvalue weighted by Gasteiger charge is 2.23. The number of para-hydroxylation sites is 2. The highest BCUT2D eigenvalue weighted by molar-refractivity contribution is 5.91. The van der Waals surface area contributed by atoms with E-state index >= 15 is 0 Å². The van der Waals surface area contributed by atoms with Crippen LogP contribution in [0.5, 0.6) is 11.5 Å². The van der Waals surface area contributed by atoms with Crippen molar-refractivity contribution in [1.29, 1.82) is 0 Å². The molecule has 2 heterocycles. The van der Waals surface area contributed by atoms with Gasteiger partial charge in [0.15, 0.2) is 11.5 Å². The Morgan fingerprint density at radius 3 is 2.84 bits per heavy atom. The monoisotopic (exact) mass is 344 g/mol. The van der Waals surface area contributed by atoms with Gasteiger partial charge in [0, 0.05) is 19.7 Å². The maximum absolute atomic E-state index is 12.3. The number of aromatic nitrogens is 2. The van der Waals surface area contributed by atoms with Crippen LogP contribution in [0.25, 0.3) is 0 Å². The van der Waals surface area contributed by atoms with Crippen molar-refractivity contribution in [2.75, 3.05) is 31.6 Å². The normalized spacial score (nSPS) is 16.1. The van der Waals surface area contributed by atoms with Gasteiger partial charge in [0.1, 0.15) is 18.5 Å². The molecule has 0 aliphatic carbocycles. The minimum atomic E-state index is -0.0957. The first-order chi connectivity index (χ1) is 12.0. The fraction of sp³-hybridized carbons (Fsp3) is 0.444. The first-order valence-corrected chi connectivity index (χ1v) is 8.46. The van der Waals surface area contributed by atoms with Crippen LogP contribution in [0, 0.1) is 6.92 Å². The Kier molecular flexibility index (Phi) is 5.23. The molecule has 2 aromatic rings. The van der Waals surface area contributed by atoms with Gasteiger partial charge < -0.3 is 14.8 Å². The lowest BCUT2D eigenvalue weighted by Crippen LogP contribution is -2.43. The van der Waals surface area contributed by atoms with Crippen LogP contribution in [-0.4, -0.2) is 52.9 Å². The molecule has 1 amide bonds. The van der Waals surface area contributed by atoms with Crippen LogP contribution in [0.4, 0.5) is 5.82 Å². The Morgan fingerprint density at radius 1 is 1.40 bits per heavy atom. The number of carbonyl (C=O) groups excluding carboxylic acids is 1. The molecule has 1 atom stereocenters. The summed E-state index contributed by atoms with van der Waals surface area (Å²) < 4.78 is 13.4. The number of hydrogen-bond acceptors (Lipinski definition) is 5. The summed E-state index contributed by atoms with van der Waals surface area (Å²) in [6, 6.07) is 9.49. The maximum atomic E-state index is 12.3. The number of hydrogen-bond donors (Lipinski definition) is 1. The fourth-order valence-electron chi connectivity index (χ4n) is 2.86. The molecule has 0 bridgehead atoms. The predicted octanol–water partition coefficient (Wildman–Crippen LogP) is 1.83. The number of nitrogens with one attached hydrogen (secondary N) is 1. The topological polar surface area (TPSA) is 68.6 Å². The fourth-order valence-corrected chi connectivity index (χ4v) is 2.86. The van der Waals surface area contributed by atoms with Gasteiger partial charge in [0.2, 0.25) is 5.91 Å². The Bertz CT molecular complexity index is 744. The van der Waals surface area contributed by atoms with Gasteiger partial charge >= 0.3 is 0 Å². The van der Waals surface area contributed by atoms with Gasteiger partial charge in [0.05, 0.1) is 12.2 Å². The lowest BCUT2D eigenvalue weighted by atomic mass is 10.2. The van der Waals surface area contributed by atoms with Crippen molar-refractivity contribution >= 4 is 11.7 Å². The molecular weight excluding hydrogens is 320 g/mol. The minimum Gasteiger partial charge on any atom is -0.486 e. The van der Waals surface area contributed by atoms with Crippen LogP contribution in [0.1, 0.15) is 12.6 Å². The average Bonchev–Trinajstić information content (AvgIpc) is 2.91. The Morgan fingerprint density at radius 2 is 2.16 bits per heavy atom.